The predicted octanol–water partition coefficient (Wildman–Crippen LogP) is 2.58. The van der Waals surface area contributed by atoms with Crippen LogP contribution in [-0.2, 0) is 0 Å². The van der Waals surface area contributed by atoms with Crippen LogP contribution in [0.5, 0.6) is 0 Å². The van der Waals surface area contributed by atoms with Gasteiger partial charge in [-0.15, -0.1) is 0 Å². The maximum atomic E-state index is 13.0. The molecule has 2 aromatic heterocycles. The maximum Gasteiger partial charge on any atom is 0.224 e. The summed E-state index contributed by atoms with van der Waals surface area (Å²) >= 11 is 3.28. The second-order valence-electron chi connectivity index (χ2n) is 3.81. The summed E-state index contributed by atoms with van der Waals surface area (Å²) in [6.45, 7) is 0. The first-order chi connectivity index (χ1) is 9.13. The number of aromatic amines is 1. The molecule has 0 atom stereocenters. The number of rotatable bonds is 2. The van der Waals surface area contributed by atoms with Gasteiger partial charge in [-0.2, -0.15) is 15.1 Å². The van der Waals surface area contributed by atoms with E-state index in [1.54, 1.807) is 12.3 Å². The molecule has 0 fully saturated rings. The number of halogens is 2. The molecule has 2 heterocycles. The lowest BCUT2D eigenvalue weighted by molar-refractivity contribution is 0.627. The van der Waals surface area contributed by atoms with Crippen LogP contribution >= 0.6 is 15.9 Å². The van der Waals surface area contributed by atoms with E-state index in [0.29, 0.717) is 27.0 Å². The Morgan fingerprint density at radius 1 is 1.32 bits per heavy atom. The minimum absolute atomic E-state index is 0.123. The summed E-state index contributed by atoms with van der Waals surface area (Å²) in [5.41, 5.74) is 6.82. The Hall–Kier alpha value is -2.22. The Balaban J connectivity index is 2.07. The summed E-state index contributed by atoms with van der Waals surface area (Å²) in [5, 5.41) is 10.4. The Bertz CT molecular complexity index is 756. The van der Waals surface area contributed by atoms with Crippen LogP contribution in [0.1, 0.15) is 0 Å². The first-order valence-electron chi connectivity index (χ1n) is 5.32. The topological polar surface area (TPSA) is 92.5 Å². The third kappa shape index (κ3) is 2.22. The summed E-state index contributed by atoms with van der Waals surface area (Å²) in [6.07, 6.45) is 1.59. The van der Waals surface area contributed by atoms with Crippen LogP contribution in [0.2, 0.25) is 0 Å². The van der Waals surface area contributed by atoms with E-state index in [4.69, 9.17) is 5.73 Å². The molecule has 8 heteroatoms. The SMILES string of the molecule is Nc1nc(Nc2ccc(F)cc2Br)c2cn[nH]c2n1. The number of aromatic nitrogens is 4. The van der Waals surface area contributed by atoms with Gasteiger partial charge in [-0.1, -0.05) is 0 Å². The molecule has 0 saturated heterocycles. The van der Waals surface area contributed by atoms with Crippen LogP contribution in [-0.4, -0.2) is 20.2 Å². The highest BCUT2D eigenvalue weighted by atomic mass is 79.9. The molecule has 0 saturated carbocycles. The van der Waals surface area contributed by atoms with Crippen molar-refractivity contribution >= 4 is 44.4 Å². The van der Waals surface area contributed by atoms with Crippen molar-refractivity contribution in [2.45, 2.75) is 0 Å². The van der Waals surface area contributed by atoms with Crippen molar-refractivity contribution in [3.63, 3.8) is 0 Å². The average molecular weight is 323 g/mol. The first-order valence-corrected chi connectivity index (χ1v) is 6.11. The molecule has 96 valence electrons. The molecule has 4 N–H and O–H groups in total. The third-order valence-corrected chi connectivity index (χ3v) is 3.17. The van der Waals surface area contributed by atoms with E-state index in [0.717, 1.165) is 0 Å². The second-order valence-corrected chi connectivity index (χ2v) is 4.67. The summed E-state index contributed by atoms with van der Waals surface area (Å²) in [7, 11) is 0. The number of nitrogens with zero attached hydrogens (tertiary/aromatic N) is 3. The van der Waals surface area contributed by atoms with E-state index in [2.05, 4.69) is 41.4 Å². The molecule has 0 spiro atoms. The molecule has 19 heavy (non-hydrogen) atoms. The highest BCUT2D eigenvalue weighted by Crippen LogP contribution is 2.28. The van der Waals surface area contributed by atoms with Crippen LogP contribution in [0.15, 0.2) is 28.9 Å². The van der Waals surface area contributed by atoms with Gasteiger partial charge >= 0.3 is 0 Å². The van der Waals surface area contributed by atoms with Crippen molar-refractivity contribution < 1.29 is 4.39 Å². The van der Waals surface area contributed by atoms with E-state index >= 15 is 0 Å². The van der Waals surface area contributed by atoms with Crippen LogP contribution in [0.3, 0.4) is 0 Å². The Kier molecular flexibility index (Phi) is 2.79. The normalized spacial score (nSPS) is 10.8. The molecule has 3 rings (SSSR count). The van der Waals surface area contributed by atoms with Crippen molar-refractivity contribution in [3.05, 3.63) is 34.7 Å². The number of nitrogens with two attached hydrogens (primary N) is 1. The van der Waals surface area contributed by atoms with Crippen molar-refractivity contribution in [2.24, 2.45) is 0 Å². The lowest BCUT2D eigenvalue weighted by Crippen LogP contribution is -2.01. The van der Waals surface area contributed by atoms with Gasteiger partial charge in [0.2, 0.25) is 5.95 Å². The molecule has 0 radical (unpaired) electrons. The predicted molar refractivity (Wildman–Crippen MR) is 73.5 cm³/mol. The fourth-order valence-electron chi connectivity index (χ4n) is 1.67. The number of H-pyrrole nitrogens is 1. The van der Waals surface area contributed by atoms with E-state index in [-0.39, 0.29) is 11.8 Å². The zero-order valence-electron chi connectivity index (χ0n) is 9.48. The lowest BCUT2D eigenvalue weighted by Gasteiger charge is -2.08. The third-order valence-electron chi connectivity index (χ3n) is 2.51. The molecule has 0 aliphatic rings. The standard InChI is InChI=1S/C11H8BrFN6/c12-7-3-5(13)1-2-8(7)16-9-6-4-15-19-10(6)18-11(14)17-9/h1-4H,(H4,14,15,16,17,18,19). The highest BCUT2D eigenvalue weighted by molar-refractivity contribution is 9.10. The van der Waals surface area contributed by atoms with Crippen LogP contribution in [0.25, 0.3) is 11.0 Å². The fraction of sp³-hybridized carbons (Fsp3) is 0. The zero-order valence-corrected chi connectivity index (χ0v) is 11.1. The summed E-state index contributed by atoms with van der Waals surface area (Å²) in [5.74, 6) is 0.300. The Labute approximate surface area is 115 Å². The van der Waals surface area contributed by atoms with Crippen molar-refractivity contribution in [2.75, 3.05) is 11.1 Å². The van der Waals surface area contributed by atoms with Gasteiger partial charge in [0, 0.05) is 4.47 Å². The van der Waals surface area contributed by atoms with Crippen LogP contribution in [0.4, 0.5) is 21.8 Å². The van der Waals surface area contributed by atoms with E-state index in [1.165, 1.54) is 12.1 Å². The van der Waals surface area contributed by atoms with E-state index in [9.17, 15) is 4.39 Å². The van der Waals surface area contributed by atoms with Gasteiger partial charge in [0.05, 0.1) is 17.3 Å². The molecule has 0 amide bonds. The first kappa shape index (κ1) is 11.8. The summed E-state index contributed by atoms with van der Waals surface area (Å²) < 4.78 is 13.6. The smallest absolute Gasteiger partial charge is 0.224 e. The summed E-state index contributed by atoms with van der Waals surface area (Å²) in [6, 6.07) is 4.31. The van der Waals surface area contributed by atoms with E-state index in [1.807, 2.05) is 0 Å². The molecule has 0 bridgehead atoms. The minimum atomic E-state index is -0.326. The number of hydrogen-bond acceptors (Lipinski definition) is 5. The second kappa shape index (κ2) is 4.47. The minimum Gasteiger partial charge on any atom is -0.368 e. The molecule has 3 aromatic rings. The van der Waals surface area contributed by atoms with Gasteiger partial charge < -0.3 is 11.1 Å². The Morgan fingerprint density at radius 3 is 2.95 bits per heavy atom. The average Bonchev–Trinajstić information content (AvgIpc) is 2.80. The molecule has 6 nitrogen and oxygen atoms in total. The number of nitrogens with one attached hydrogen (secondary N) is 2. The number of hydrogen-bond donors (Lipinski definition) is 3. The number of anilines is 3. The molecule has 0 aliphatic heterocycles. The summed E-state index contributed by atoms with van der Waals surface area (Å²) in [4.78, 5) is 8.12. The maximum absolute atomic E-state index is 13.0. The number of nitrogen functional groups attached to an aromatic ring is 1. The Morgan fingerprint density at radius 2 is 2.16 bits per heavy atom. The van der Waals surface area contributed by atoms with E-state index < -0.39 is 0 Å². The van der Waals surface area contributed by atoms with Crippen molar-refractivity contribution in [1.82, 2.24) is 20.2 Å². The quantitative estimate of drug-likeness (QED) is 0.674. The van der Waals surface area contributed by atoms with Gasteiger partial charge in [-0.25, -0.2) is 4.39 Å². The number of benzene rings is 1. The van der Waals surface area contributed by atoms with Gasteiger partial charge in [-0.05, 0) is 34.1 Å². The monoisotopic (exact) mass is 322 g/mol. The van der Waals surface area contributed by atoms with Crippen molar-refractivity contribution in [1.29, 1.82) is 0 Å². The molecule has 0 aliphatic carbocycles. The largest absolute Gasteiger partial charge is 0.368 e. The van der Waals surface area contributed by atoms with Crippen molar-refractivity contribution in [3.8, 4) is 0 Å². The fourth-order valence-corrected chi connectivity index (χ4v) is 2.12. The van der Waals surface area contributed by atoms with Gasteiger partial charge in [0.15, 0.2) is 5.65 Å². The van der Waals surface area contributed by atoms with Crippen LogP contribution in [0, 0.1) is 5.82 Å². The molecule has 0 unspecified atom stereocenters. The van der Waals surface area contributed by atoms with Gasteiger partial charge in [0.1, 0.15) is 11.6 Å². The molecular weight excluding hydrogens is 315 g/mol. The lowest BCUT2D eigenvalue weighted by atomic mass is 10.3. The molecule has 1 aromatic carbocycles. The van der Waals surface area contributed by atoms with Gasteiger partial charge in [-0.3, -0.25) is 5.10 Å². The van der Waals surface area contributed by atoms with Gasteiger partial charge in [0.25, 0.3) is 0 Å². The highest BCUT2D eigenvalue weighted by Gasteiger charge is 2.10. The molecular formula is C11H8BrFN6. The number of fused-ring (bicyclic) bond motifs is 1. The van der Waals surface area contributed by atoms with Crippen LogP contribution < -0.4 is 11.1 Å². The zero-order chi connectivity index (χ0) is 13.4.